The van der Waals surface area contributed by atoms with Gasteiger partial charge in [-0.1, -0.05) is 19.1 Å². The van der Waals surface area contributed by atoms with Gasteiger partial charge in [-0.05, 0) is 66.3 Å². The monoisotopic (exact) mass is 532 g/mol. The van der Waals surface area contributed by atoms with E-state index in [1.807, 2.05) is 25.9 Å². The number of aliphatic hydroxyl groups is 1. The molecule has 1 aliphatic heterocycles. The molecule has 34 heavy (non-hydrogen) atoms. The lowest BCUT2D eigenvalue weighted by Crippen LogP contribution is -2.35. The Hall–Kier alpha value is -3.04. The van der Waals surface area contributed by atoms with Crippen LogP contribution < -0.4 is 9.47 Å². The SMILES string of the molecule is CCCOc1cccc(C(O)=C2C(=O)C(=O)N(CCN(C)C)C2c2cc(Br)c(O)c(OC)c2)c1. The maximum Gasteiger partial charge on any atom is 0.295 e. The van der Waals surface area contributed by atoms with Crippen LogP contribution in [0.1, 0.15) is 30.5 Å². The third kappa shape index (κ3) is 5.20. The van der Waals surface area contributed by atoms with Gasteiger partial charge in [-0.3, -0.25) is 9.59 Å². The molecular formula is C25H29BrN2O6. The standard InChI is InChI=1S/C25H29BrN2O6/c1-5-11-34-17-8-6-7-15(12-17)22(29)20-21(16-13-18(26)23(30)19(14-16)33-4)28(10-9-27(2)3)25(32)24(20)31/h6-8,12-14,21,29-30H,5,9-11H2,1-4H3. The van der Waals surface area contributed by atoms with E-state index >= 15 is 0 Å². The van der Waals surface area contributed by atoms with Gasteiger partial charge in [0.05, 0.1) is 29.8 Å². The number of hydrogen-bond acceptors (Lipinski definition) is 7. The number of amides is 1. The summed E-state index contributed by atoms with van der Waals surface area (Å²) in [6.45, 7) is 3.28. The Morgan fingerprint density at radius 2 is 1.94 bits per heavy atom. The van der Waals surface area contributed by atoms with Gasteiger partial charge in [-0.15, -0.1) is 0 Å². The highest BCUT2D eigenvalue weighted by Gasteiger charge is 2.46. The number of hydrogen-bond donors (Lipinski definition) is 2. The number of nitrogens with zero attached hydrogens (tertiary/aromatic N) is 2. The summed E-state index contributed by atoms with van der Waals surface area (Å²) in [4.78, 5) is 29.6. The normalized spacial score (nSPS) is 17.5. The van der Waals surface area contributed by atoms with Crippen LogP contribution in [0.15, 0.2) is 46.4 Å². The van der Waals surface area contributed by atoms with Crippen molar-refractivity contribution in [2.75, 3.05) is 40.9 Å². The van der Waals surface area contributed by atoms with Gasteiger partial charge < -0.3 is 29.5 Å². The summed E-state index contributed by atoms with van der Waals surface area (Å²) >= 11 is 3.31. The second-order valence-electron chi connectivity index (χ2n) is 8.23. The molecule has 0 bridgehead atoms. The number of benzene rings is 2. The van der Waals surface area contributed by atoms with Gasteiger partial charge in [0.15, 0.2) is 11.5 Å². The molecule has 0 spiro atoms. The number of carbonyl (C=O) groups excluding carboxylic acids is 2. The Labute approximate surface area is 207 Å². The third-order valence-corrected chi connectivity index (χ3v) is 6.10. The zero-order chi connectivity index (χ0) is 25.0. The van der Waals surface area contributed by atoms with Crippen LogP contribution >= 0.6 is 15.9 Å². The highest BCUT2D eigenvalue weighted by Crippen LogP contribution is 2.44. The molecule has 2 N–H and O–H groups in total. The second kappa shape index (κ2) is 10.9. The number of phenolic OH excluding ortho intramolecular Hbond substituents is 1. The van der Waals surface area contributed by atoms with Crippen molar-refractivity contribution in [3.63, 3.8) is 0 Å². The number of likely N-dealkylation sites (tertiary alicyclic amines) is 1. The summed E-state index contributed by atoms with van der Waals surface area (Å²) in [5.74, 6) is -1.13. The van der Waals surface area contributed by atoms with Gasteiger partial charge in [0.1, 0.15) is 11.5 Å². The summed E-state index contributed by atoms with van der Waals surface area (Å²) in [7, 11) is 5.15. The molecule has 1 atom stereocenters. The number of ketones is 1. The number of likely N-dealkylation sites (N-methyl/N-ethyl adjacent to an activating group) is 1. The minimum Gasteiger partial charge on any atom is -0.507 e. The van der Waals surface area contributed by atoms with Gasteiger partial charge in [-0.25, -0.2) is 0 Å². The van der Waals surface area contributed by atoms with Gasteiger partial charge >= 0.3 is 0 Å². The smallest absolute Gasteiger partial charge is 0.295 e. The summed E-state index contributed by atoms with van der Waals surface area (Å²) in [6.07, 6.45) is 0.824. The Kier molecular flexibility index (Phi) is 8.22. The van der Waals surface area contributed by atoms with Crippen LogP contribution in [0.5, 0.6) is 17.2 Å². The molecule has 8 nitrogen and oxygen atoms in total. The van der Waals surface area contributed by atoms with Crippen molar-refractivity contribution in [1.29, 1.82) is 0 Å². The molecule has 1 saturated heterocycles. The van der Waals surface area contributed by atoms with E-state index in [9.17, 15) is 19.8 Å². The van der Waals surface area contributed by atoms with Crippen molar-refractivity contribution in [2.45, 2.75) is 19.4 Å². The number of aromatic hydroxyl groups is 1. The Morgan fingerprint density at radius 1 is 1.21 bits per heavy atom. The zero-order valence-electron chi connectivity index (χ0n) is 19.7. The molecule has 1 unspecified atom stereocenters. The van der Waals surface area contributed by atoms with Crippen LogP contribution in [0.2, 0.25) is 0 Å². The average molecular weight is 533 g/mol. The minimum atomic E-state index is -0.869. The molecule has 2 aromatic carbocycles. The highest BCUT2D eigenvalue weighted by molar-refractivity contribution is 9.10. The molecule has 0 aromatic heterocycles. The molecule has 1 aliphatic rings. The maximum atomic E-state index is 13.2. The van der Waals surface area contributed by atoms with E-state index in [2.05, 4.69) is 15.9 Å². The zero-order valence-corrected chi connectivity index (χ0v) is 21.3. The fourth-order valence-electron chi connectivity index (χ4n) is 3.78. The first-order chi connectivity index (χ1) is 16.2. The maximum absolute atomic E-state index is 13.2. The van der Waals surface area contributed by atoms with E-state index < -0.39 is 17.7 Å². The van der Waals surface area contributed by atoms with Gasteiger partial charge in [0, 0.05) is 18.7 Å². The highest BCUT2D eigenvalue weighted by atomic mass is 79.9. The summed E-state index contributed by atoms with van der Waals surface area (Å²) in [6, 6.07) is 9.09. The number of carbonyl (C=O) groups is 2. The first kappa shape index (κ1) is 25.6. The summed E-state index contributed by atoms with van der Waals surface area (Å²) in [5.41, 5.74) is 0.851. The van der Waals surface area contributed by atoms with Crippen LogP contribution in [-0.2, 0) is 9.59 Å². The lowest BCUT2D eigenvalue weighted by atomic mass is 9.95. The molecule has 9 heteroatoms. The Balaban J connectivity index is 2.18. The van der Waals surface area contributed by atoms with Crippen LogP contribution in [0.4, 0.5) is 0 Å². The molecule has 0 radical (unpaired) electrons. The quantitative estimate of drug-likeness (QED) is 0.286. The van der Waals surface area contributed by atoms with Crippen LogP contribution in [0.3, 0.4) is 0 Å². The molecular weight excluding hydrogens is 504 g/mol. The van der Waals surface area contributed by atoms with Gasteiger partial charge in [0.2, 0.25) is 0 Å². The Bertz CT molecular complexity index is 1110. The number of methoxy groups -OCH3 is 1. The van der Waals surface area contributed by atoms with Crippen LogP contribution in [0.25, 0.3) is 5.76 Å². The van der Waals surface area contributed by atoms with Crippen molar-refractivity contribution in [2.24, 2.45) is 0 Å². The lowest BCUT2D eigenvalue weighted by molar-refractivity contribution is -0.140. The van der Waals surface area contributed by atoms with E-state index in [-0.39, 0.29) is 29.4 Å². The van der Waals surface area contributed by atoms with E-state index in [0.29, 0.717) is 34.5 Å². The van der Waals surface area contributed by atoms with Crippen molar-refractivity contribution >= 4 is 33.4 Å². The molecule has 3 rings (SSSR count). The van der Waals surface area contributed by atoms with E-state index in [1.54, 1.807) is 36.4 Å². The molecule has 1 fully saturated rings. The lowest BCUT2D eigenvalue weighted by Gasteiger charge is -2.27. The van der Waals surface area contributed by atoms with Crippen molar-refractivity contribution in [3.8, 4) is 17.2 Å². The minimum absolute atomic E-state index is 0.0314. The van der Waals surface area contributed by atoms with E-state index in [4.69, 9.17) is 9.47 Å². The topological polar surface area (TPSA) is 99.5 Å². The largest absolute Gasteiger partial charge is 0.507 e. The number of rotatable bonds is 9. The summed E-state index contributed by atoms with van der Waals surface area (Å²) < 4.78 is 11.3. The first-order valence-corrected chi connectivity index (χ1v) is 11.7. The summed E-state index contributed by atoms with van der Waals surface area (Å²) in [5, 5.41) is 21.5. The van der Waals surface area contributed by atoms with Crippen molar-refractivity contribution in [1.82, 2.24) is 9.80 Å². The molecule has 1 heterocycles. The molecule has 0 saturated carbocycles. The number of Topliss-reactive ketones (excluding diaryl/α,β-unsaturated/α-hetero) is 1. The molecule has 0 aliphatic carbocycles. The number of ether oxygens (including phenoxy) is 2. The Morgan fingerprint density at radius 3 is 2.59 bits per heavy atom. The number of aliphatic hydroxyl groups excluding tert-OH is 1. The van der Waals surface area contributed by atoms with E-state index in [0.717, 1.165) is 6.42 Å². The fourth-order valence-corrected chi connectivity index (χ4v) is 4.24. The molecule has 1 amide bonds. The van der Waals surface area contributed by atoms with Gasteiger partial charge in [-0.2, -0.15) is 0 Å². The van der Waals surface area contributed by atoms with Crippen molar-refractivity contribution < 1.29 is 29.3 Å². The predicted molar refractivity (Wildman–Crippen MR) is 132 cm³/mol. The molecule has 182 valence electrons. The third-order valence-electron chi connectivity index (χ3n) is 5.49. The van der Waals surface area contributed by atoms with Crippen molar-refractivity contribution in [3.05, 3.63) is 57.6 Å². The average Bonchev–Trinajstić information content (AvgIpc) is 3.07. The van der Waals surface area contributed by atoms with E-state index in [1.165, 1.54) is 12.0 Å². The van der Waals surface area contributed by atoms with Crippen LogP contribution in [-0.4, -0.2) is 72.6 Å². The van der Waals surface area contributed by atoms with Gasteiger partial charge in [0.25, 0.3) is 11.7 Å². The molecule has 2 aromatic rings. The predicted octanol–water partition coefficient (Wildman–Crippen LogP) is 3.94. The number of phenols is 1. The second-order valence-corrected chi connectivity index (χ2v) is 9.08. The van der Waals surface area contributed by atoms with Crippen LogP contribution in [0, 0.1) is 0 Å². The fraction of sp³-hybridized carbons (Fsp3) is 0.360. The first-order valence-electron chi connectivity index (χ1n) is 10.9. The number of halogens is 1.